The smallest absolute Gasteiger partial charge is 0.105 e. The first kappa shape index (κ1) is 9.92. The molecule has 0 aliphatic rings. The zero-order valence-corrected chi connectivity index (χ0v) is 8.36. The summed E-state index contributed by atoms with van der Waals surface area (Å²) in [6.07, 6.45) is 3.87. The normalized spacial score (nSPS) is 12.5. The number of nitrogens with two attached hydrogens (primary N) is 1. The van der Waals surface area contributed by atoms with Gasteiger partial charge < -0.3 is 5.73 Å². The summed E-state index contributed by atoms with van der Waals surface area (Å²) >= 11 is 0. The third-order valence-corrected chi connectivity index (χ3v) is 1.77. The number of hydrogen-bond donors (Lipinski definition) is 1. The maximum absolute atomic E-state index is 5.46. The van der Waals surface area contributed by atoms with Gasteiger partial charge in [-0.2, -0.15) is 0 Å². The van der Waals surface area contributed by atoms with E-state index < -0.39 is 0 Å². The van der Waals surface area contributed by atoms with Crippen LogP contribution in [0.15, 0.2) is 11.8 Å². The van der Waals surface area contributed by atoms with Gasteiger partial charge in [-0.3, -0.25) is 0 Å². The monoisotopic (exact) mass is 180 g/mol. The number of hydrogen-bond acceptors (Lipinski definition) is 3. The van der Waals surface area contributed by atoms with Crippen LogP contribution < -0.4 is 5.73 Å². The maximum Gasteiger partial charge on any atom is 0.105 e. The van der Waals surface area contributed by atoms with Crippen LogP contribution in [0.25, 0.3) is 6.08 Å². The minimum absolute atomic E-state index is 0.354. The first-order valence-corrected chi connectivity index (χ1v) is 4.42. The average molecular weight is 180 g/mol. The molecule has 1 rings (SSSR count). The zero-order chi connectivity index (χ0) is 9.84. The largest absolute Gasteiger partial charge is 0.327 e. The molecule has 4 nitrogen and oxygen atoms in total. The second-order valence-electron chi connectivity index (χ2n) is 3.41. The van der Waals surface area contributed by atoms with E-state index in [1.165, 1.54) is 0 Å². The van der Waals surface area contributed by atoms with Crippen molar-refractivity contribution < 1.29 is 0 Å². The molecule has 0 unspecified atom stereocenters. The van der Waals surface area contributed by atoms with Crippen LogP contribution in [0.4, 0.5) is 0 Å². The van der Waals surface area contributed by atoms with Crippen LogP contribution in [0, 0.1) is 0 Å². The van der Waals surface area contributed by atoms with Crippen molar-refractivity contribution in [3.05, 3.63) is 17.5 Å². The third-order valence-electron chi connectivity index (χ3n) is 1.77. The topological polar surface area (TPSA) is 56.7 Å². The molecule has 1 aromatic rings. The molecule has 0 aliphatic heterocycles. The van der Waals surface area contributed by atoms with Crippen LogP contribution in [-0.4, -0.2) is 21.5 Å². The van der Waals surface area contributed by atoms with Gasteiger partial charge in [0.2, 0.25) is 0 Å². The molecule has 0 radical (unpaired) electrons. The minimum Gasteiger partial charge on any atom is -0.327 e. The Labute approximate surface area is 78.4 Å². The van der Waals surface area contributed by atoms with Gasteiger partial charge in [-0.05, 0) is 26.8 Å². The molecule has 2 N–H and O–H groups in total. The first-order valence-electron chi connectivity index (χ1n) is 4.42. The van der Waals surface area contributed by atoms with Gasteiger partial charge >= 0.3 is 0 Å². The molecule has 0 spiro atoms. The van der Waals surface area contributed by atoms with E-state index in [9.17, 15) is 0 Å². The second-order valence-corrected chi connectivity index (χ2v) is 3.41. The van der Waals surface area contributed by atoms with Crippen LogP contribution in [0.5, 0.6) is 0 Å². The predicted octanol–water partition coefficient (Wildman–Crippen LogP) is 1.22. The van der Waals surface area contributed by atoms with Crippen LogP contribution >= 0.6 is 0 Å². The molecule has 4 heteroatoms. The highest BCUT2D eigenvalue weighted by Gasteiger charge is 2.00. The van der Waals surface area contributed by atoms with Crippen LogP contribution in [-0.2, 0) is 0 Å². The fourth-order valence-corrected chi connectivity index (χ4v) is 0.920. The minimum atomic E-state index is 0.354. The average Bonchev–Trinajstić information content (AvgIpc) is 2.52. The standard InChI is InChI=1S/C9H16N4/c1-7(2)13-6-9(11-12-13)4-8(3)5-10/h4,6-7H,5,10H2,1-3H3/b8-4-. The summed E-state index contributed by atoms with van der Waals surface area (Å²) in [6.45, 7) is 6.68. The highest BCUT2D eigenvalue weighted by atomic mass is 15.4. The zero-order valence-electron chi connectivity index (χ0n) is 8.36. The lowest BCUT2D eigenvalue weighted by atomic mass is 10.2. The van der Waals surface area contributed by atoms with Gasteiger partial charge in [0, 0.05) is 12.6 Å². The van der Waals surface area contributed by atoms with Gasteiger partial charge in [0.05, 0.1) is 6.20 Å². The Morgan fingerprint density at radius 2 is 2.38 bits per heavy atom. The Bertz CT molecular complexity index is 298. The molecule has 0 saturated carbocycles. The summed E-state index contributed by atoms with van der Waals surface area (Å²) in [5, 5.41) is 7.99. The van der Waals surface area contributed by atoms with E-state index in [0.717, 1.165) is 11.3 Å². The van der Waals surface area contributed by atoms with Crippen molar-refractivity contribution in [3.8, 4) is 0 Å². The molecule has 13 heavy (non-hydrogen) atoms. The molecule has 0 bridgehead atoms. The number of nitrogens with zero attached hydrogens (tertiary/aromatic N) is 3. The third kappa shape index (κ3) is 2.66. The summed E-state index contributed by atoms with van der Waals surface area (Å²) in [5.41, 5.74) is 7.44. The molecule has 1 heterocycles. The van der Waals surface area contributed by atoms with E-state index in [2.05, 4.69) is 24.2 Å². The van der Waals surface area contributed by atoms with Gasteiger partial charge in [-0.1, -0.05) is 10.8 Å². The molecule has 72 valence electrons. The molecule has 0 atom stereocenters. The van der Waals surface area contributed by atoms with E-state index in [1.807, 2.05) is 23.9 Å². The summed E-state index contributed by atoms with van der Waals surface area (Å²) in [6, 6.07) is 0.354. The Balaban J connectivity index is 2.80. The summed E-state index contributed by atoms with van der Waals surface area (Å²) in [7, 11) is 0. The van der Waals surface area contributed by atoms with Crippen molar-refractivity contribution in [1.29, 1.82) is 0 Å². The lowest BCUT2D eigenvalue weighted by Gasteiger charge is -2.00. The molecule has 0 saturated heterocycles. The lowest BCUT2D eigenvalue weighted by Crippen LogP contribution is -2.00. The molecular weight excluding hydrogens is 164 g/mol. The van der Waals surface area contributed by atoms with Gasteiger partial charge in [-0.25, -0.2) is 4.68 Å². The molecular formula is C9H16N4. The van der Waals surface area contributed by atoms with Crippen molar-refractivity contribution in [2.45, 2.75) is 26.8 Å². The van der Waals surface area contributed by atoms with Gasteiger partial charge in [0.1, 0.15) is 5.69 Å². The van der Waals surface area contributed by atoms with E-state index in [-0.39, 0.29) is 0 Å². The SMILES string of the molecule is C/C(=C/c1cn(C(C)C)nn1)CN. The molecule has 0 amide bonds. The van der Waals surface area contributed by atoms with Gasteiger partial charge in [0.25, 0.3) is 0 Å². The van der Waals surface area contributed by atoms with Crippen molar-refractivity contribution in [2.24, 2.45) is 5.73 Å². The van der Waals surface area contributed by atoms with Crippen LogP contribution in [0.1, 0.15) is 32.5 Å². The molecule has 0 fully saturated rings. The van der Waals surface area contributed by atoms with Gasteiger partial charge in [0.15, 0.2) is 0 Å². The quantitative estimate of drug-likeness (QED) is 0.761. The Morgan fingerprint density at radius 3 is 2.85 bits per heavy atom. The Morgan fingerprint density at radius 1 is 1.69 bits per heavy atom. The highest BCUT2D eigenvalue weighted by Crippen LogP contribution is 2.05. The van der Waals surface area contributed by atoms with Crippen LogP contribution in [0.2, 0.25) is 0 Å². The first-order chi connectivity index (χ1) is 6.13. The lowest BCUT2D eigenvalue weighted by molar-refractivity contribution is 0.514. The van der Waals surface area contributed by atoms with Crippen molar-refractivity contribution in [2.75, 3.05) is 6.54 Å². The van der Waals surface area contributed by atoms with E-state index in [1.54, 1.807) is 0 Å². The number of aromatic nitrogens is 3. The molecule has 0 aromatic carbocycles. The van der Waals surface area contributed by atoms with Gasteiger partial charge in [-0.15, -0.1) is 5.10 Å². The van der Waals surface area contributed by atoms with Crippen molar-refractivity contribution >= 4 is 6.08 Å². The fraction of sp³-hybridized carbons (Fsp3) is 0.556. The molecule has 0 aliphatic carbocycles. The highest BCUT2D eigenvalue weighted by molar-refractivity contribution is 5.46. The summed E-state index contributed by atoms with van der Waals surface area (Å²) < 4.78 is 1.83. The van der Waals surface area contributed by atoms with E-state index in [4.69, 9.17) is 5.73 Å². The Kier molecular flexibility index (Phi) is 3.19. The van der Waals surface area contributed by atoms with E-state index >= 15 is 0 Å². The summed E-state index contributed by atoms with van der Waals surface area (Å²) in [5.74, 6) is 0. The summed E-state index contributed by atoms with van der Waals surface area (Å²) in [4.78, 5) is 0. The van der Waals surface area contributed by atoms with Crippen molar-refractivity contribution in [1.82, 2.24) is 15.0 Å². The second kappa shape index (κ2) is 4.18. The Hall–Kier alpha value is -1.16. The predicted molar refractivity (Wildman–Crippen MR) is 53.1 cm³/mol. The fourth-order valence-electron chi connectivity index (χ4n) is 0.920. The maximum atomic E-state index is 5.46. The van der Waals surface area contributed by atoms with Crippen molar-refractivity contribution in [3.63, 3.8) is 0 Å². The molecule has 1 aromatic heterocycles. The van der Waals surface area contributed by atoms with E-state index in [0.29, 0.717) is 12.6 Å². The van der Waals surface area contributed by atoms with Crippen LogP contribution in [0.3, 0.4) is 0 Å². The number of rotatable bonds is 3.